The zero-order valence-corrected chi connectivity index (χ0v) is 14.3. The summed E-state index contributed by atoms with van der Waals surface area (Å²) in [5.41, 5.74) is 2.44. The fourth-order valence-corrected chi connectivity index (χ4v) is 3.41. The second-order valence-corrected chi connectivity index (χ2v) is 5.89. The third-order valence-electron chi connectivity index (χ3n) is 4.59. The number of halogens is 2. The Morgan fingerprint density at radius 3 is 2.38 bits per heavy atom. The predicted octanol–water partition coefficient (Wildman–Crippen LogP) is 4.40. The van der Waals surface area contributed by atoms with Crippen LogP contribution in [0.1, 0.15) is 43.2 Å². The average molecular weight is 332 g/mol. The van der Waals surface area contributed by atoms with Crippen LogP contribution in [-0.4, -0.2) is 11.7 Å². The third-order valence-corrected chi connectivity index (χ3v) is 4.59. The van der Waals surface area contributed by atoms with Gasteiger partial charge in [0.25, 0.3) is 0 Å². The summed E-state index contributed by atoms with van der Waals surface area (Å²) in [6.45, 7) is 6.17. The summed E-state index contributed by atoms with van der Waals surface area (Å²) in [5.74, 6) is 0.101. The molecule has 2 aromatic rings. The molecule has 3 nitrogen and oxygen atoms in total. The summed E-state index contributed by atoms with van der Waals surface area (Å²) in [4.78, 5) is 6.04. The average Bonchev–Trinajstić information content (AvgIpc) is 2.62. The molecule has 24 heavy (non-hydrogen) atoms. The molecule has 0 saturated heterocycles. The minimum Gasteiger partial charge on any atom is -0.471 e. The topological polar surface area (TPSA) is 25.4 Å². The summed E-state index contributed by atoms with van der Waals surface area (Å²) in [5, 5.41) is 0. The van der Waals surface area contributed by atoms with Gasteiger partial charge in [0, 0.05) is 11.8 Å². The highest BCUT2D eigenvalue weighted by Crippen LogP contribution is 2.36. The Kier molecular flexibility index (Phi) is 4.69. The summed E-state index contributed by atoms with van der Waals surface area (Å²) >= 11 is 0. The molecule has 1 aromatic heterocycles. The van der Waals surface area contributed by atoms with E-state index in [9.17, 15) is 4.39 Å². The molecule has 3 rings (SSSR count). The van der Waals surface area contributed by atoms with Crippen molar-refractivity contribution in [2.24, 2.45) is 0 Å². The molecule has 128 valence electrons. The first-order valence-corrected chi connectivity index (χ1v) is 8.45. The molecule has 0 aliphatic carbocycles. The van der Waals surface area contributed by atoms with Gasteiger partial charge in [-0.25, -0.2) is 8.78 Å². The molecule has 2 heterocycles. The number of hydrogen-bond donors (Lipinski definition) is 0. The van der Waals surface area contributed by atoms with E-state index in [4.69, 9.17) is 4.74 Å². The van der Waals surface area contributed by atoms with Crippen molar-refractivity contribution in [2.75, 3.05) is 11.6 Å². The molecule has 0 fully saturated rings. The summed E-state index contributed by atoms with van der Waals surface area (Å²) in [6, 6.07) is 3.65. The van der Waals surface area contributed by atoms with Crippen molar-refractivity contribution < 1.29 is 13.5 Å². The van der Waals surface area contributed by atoms with Crippen LogP contribution in [0.3, 0.4) is 0 Å². The van der Waals surface area contributed by atoms with Gasteiger partial charge in [0.1, 0.15) is 17.3 Å². The Morgan fingerprint density at radius 2 is 1.71 bits per heavy atom. The van der Waals surface area contributed by atoms with Crippen molar-refractivity contribution in [3.05, 3.63) is 52.3 Å². The number of benzene rings is 1. The van der Waals surface area contributed by atoms with E-state index < -0.39 is 0 Å². The van der Waals surface area contributed by atoms with E-state index in [1.165, 1.54) is 0 Å². The molecule has 0 unspecified atom stereocenters. The van der Waals surface area contributed by atoms with Gasteiger partial charge < -0.3 is 9.64 Å². The first-order chi connectivity index (χ1) is 11.6. The number of fused-ring (bicyclic) bond motifs is 1. The molecule has 0 bridgehead atoms. The van der Waals surface area contributed by atoms with Gasteiger partial charge in [0.15, 0.2) is 12.5 Å². The van der Waals surface area contributed by atoms with Crippen LogP contribution in [0.4, 0.5) is 14.5 Å². The van der Waals surface area contributed by atoms with Gasteiger partial charge in [-0.05, 0) is 42.5 Å². The second kappa shape index (κ2) is 6.75. The van der Waals surface area contributed by atoms with Crippen molar-refractivity contribution in [1.29, 1.82) is 0 Å². The van der Waals surface area contributed by atoms with Gasteiger partial charge in [0.05, 0.1) is 12.2 Å². The van der Waals surface area contributed by atoms with Crippen molar-refractivity contribution in [2.45, 2.75) is 46.6 Å². The first-order valence-electron chi connectivity index (χ1n) is 8.45. The Labute approximate surface area is 141 Å². The standard InChI is InChI=1S/C19H22F2N2O/c1-4-12-13(5-2)18(21)19(14(6-3)17(12)20)23-10-15-16(24-11-23)8-7-9-22-15/h7-9H,4-6,10-11H2,1-3H3. The highest BCUT2D eigenvalue weighted by molar-refractivity contribution is 5.61. The largest absolute Gasteiger partial charge is 0.471 e. The molecule has 1 aromatic carbocycles. The van der Waals surface area contributed by atoms with Crippen molar-refractivity contribution >= 4 is 5.69 Å². The molecule has 0 amide bonds. The van der Waals surface area contributed by atoms with Crippen molar-refractivity contribution in [1.82, 2.24) is 4.98 Å². The van der Waals surface area contributed by atoms with Crippen LogP contribution in [0.5, 0.6) is 5.75 Å². The van der Waals surface area contributed by atoms with Crippen LogP contribution in [-0.2, 0) is 25.8 Å². The number of aromatic nitrogens is 1. The molecule has 0 radical (unpaired) electrons. The Balaban J connectivity index is 2.13. The van der Waals surface area contributed by atoms with Crippen LogP contribution >= 0.6 is 0 Å². The Morgan fingerprint density at radius 1 is 1.04 bits per heavy atom. The number of pyridine rings is 1. The number of ether oxygens (including phenoxy) is 1. The van der Waals surface area contributed by atoms with Crippen molar-refractivity contribution in [3.63, 3.8) is 0 Å². The van der Waals surface area contributed by atoms with Crippen LogP contribution in [0.15, 0.2) is 18.3 Å². The van der Waals surface area contributed by atoms with Gasteiger partial charge in [-0.15, -0.1) is 0 Å². The second-order valence-electron chi connectivity index (χ2n) is 5.89. The van der Waals surface area contributed by atoms with E-state index in [0.29, 0.717) is 53.9 Å². The lowest BCUT2D eigenvalue weighted by molar-refractivity contribution is 0.283. The van der Waals surface area contributed by atoms with Crippen LogP contribution in [0, 0.1) is 11.6 Å². The molecule has 0 saturated carbocycles. The maximum atomic E-state index is 15.2. The van der Waals surface area contributed by atoms with Gasteiger partial charge in [-0.2, -0.15) is 0 Å². The van der Waals surface area contributed by atoms with Crippen molar-refractivity contribution in [3.8, 4) is 5.75 Å². The van der Waals surface area contributed by atoms with Crippen LogP contribution < -0.4 is 9.64 Å². The van der Waals surface area contributed by atoms with Crippen LogP contribution in [0.25, 0.3) is 0 Å². The minimum absolute atomic E-state index is 0.191. The lowest BCUT2D eigenvalue weighted by Crippen LogP contribution is -2.34. The molecule has 5 heteroatoms. The summed E-state index contributed by atoms with van der Waals surface area (Å²) < 4.78 is 35.9. The smallest absolute Gasteiger partial charge is 0.162 e. The van der Waals surface area contributed by atoms with E-state index in [1.54, 1.807) is 17.2 Å². The van der Waals surface area contributed by atoms with Gasteiger partial charge >= 0.3 is 0 Å². The third kappa shape index (κ3) is 2.62. The molecule has 1 aliphatic rings. The van der Waals surface area contributed by atoms with Gasteiger partial charge in [-0.1, -0.05) is 20.8 Å². The summed E-state index contributed by atoms with van der Waals surface area (Å²) in [7, 11) is 0. The molecule has 0 spiro atoms. The van der Waals surface area contributed by atoms with E-state index in [0.717, 1.165) is 5.69 Å². The molecule has 0 atom stereocenters. The summed E-state index contributed by atoms with van der Waals surface area (Å²) in [6.07, 6.45) is 3.06. The minimum atomic E-state index is -0.324. The van der Waals surface area contributed by atoms with Crippen LogP contribution in [0.2, 0.25) is 0 Å². The van der Waals surface area contributed by atoms with E-state index >= 15 is 4.39 Å². The predicted molar refractivity (Wildman–Crippen MR) is 90.4 cm³/mol. The van der Waals surface area contributed by atoms with E-state index in [1.807, 2.05) is 26.8 Å². The van der Waals surface area contributed by atoms with E-state index in [-0.39, 0.29) is 18.4 Å². The first kappa shape index (κ1) is 16.7. The molecular weight excluding hydrogens is 310 g/mol. The number of anilines is 1. The Hall–Kier alpha value is -2.17. The molecule has 0 N–H and O–H groups in total. The lowest BCUT2D eigenvalue weighted by atomic mass is 9.94. The fraction of sp³-hybridized carbons (Fsp3) is 0.421. The maximum Gasteiger partial charge on any atom is 0.162 e. The van der Waals surface area contributed by atoms with Gasteiger partial charge in [0.2, 0.25) is 0 Å². The molecular formula is C19H22F2N2O. The monoisotopic (exact) mass is 332 g/mol. The lowest BCUT2D eigenvalue weighted by Gasteiger charge is -2.32. The number of nitrogens with zero attached hydrogens (tertiary/aromatic N) is 2. The Bertz CT molecular complexity index is 762. The fourth-order valence-electron chi connectivity index (χ4n) is 3.41. The number of rotatable bonds is 4. The zero-order valence-electron chi connectivity index (χ0n) is 14.3. The zero-order chi connectivity index (χ0) is 17.3. The normalized spacial score (nSPS) is 13.6. The highest BCUT2D eigenvalue weighted by atomic mass is 19.1. The number of hydrogen-bond acceptors (Lipinski definition) is 3. The SMILES string of the molecule is CCc1c(F)c(CC)c(N2COc3cccnc3C2)c(F)c1CC. The van der Waals surface area contributed by atoms with E-state index in [2.05, 4.69) is 4.98 Å². The highest BCUT2D eigenvalue weighted by Gasteiger charge is 2.28. The van der Waals surface area contributed by atoms with Gasteiger partial charge in [-0.3, -0.25) is 4.98 Å². The molecule has 1 aliphatic heterocycles. The quantitative estimate of drug-likeness (QED) is 0.829. The maximum absolute atomic E-state index is 15.2.